The number of anilines is 2. The highest BCUT2D eigenvalue weighted by Gasteiger charge is 2.18. The van der Waals surface area contributed by atoms with E-state index in [0.717, 1.165) is 24.1 Å². The van der Waals surface area contributed by atoms with E-state index in [-0.39, 0.29) is 18.6 Å². The summed E-state index contributed by atoms with van der Waals surface area (Å²) in [5.41, 5.74) is 2.26. The first-order valence-corrected chi connectivity index (χ1v) is 9.74. The average Bonchev–Trinajstić information content (AvgIpc) is 3.16. The van der Waals surface area contributed by atoms with Gasteiger partial charge in [0.1, 0.15) is 5.75 Å². The average molecular weight is 398 g/mol. The minimum absolute atomic E-state index is 0.00233. The van der Waals surface area contributed by atoms with Crippen LogP contribution in [-0.2, 0) is 9.59 Å². The van der Waals surface area contributed by atoms with Gasteiger partial charge in [-0.1, -0.05) is 13.3 Å². The topological polar surface area (TPSA) is 85.9 Å². The molecular formula is C22H26N2O5. The number of amides is 2. The predicted molar refractivity (Wildman–Crippen MR) is 111 cm³/mol. The van der Waals surface area contributed by atoms with Gasteiger partial charge in [0.15, 0.2) is 17.6 Å². The van der Waals surface area contributed by atoms with Crippen LogP contribution in [0.1, 0.15) is 38.7 Å². The molecule has 2 aromatic carbocycles. The van der Waals surface area contributed by atoms with Crippen molar-refractivity contribution in [3.05, 3.63) is 42.0 Å². The lowest BCUT2D eigenvalue weighted by Gasteiger charge is -2.16. The van der Waals surface area contributed by atoms with Gasteiger partial charge in [-0.3, -0.25) is 9.59 Å². The second-order valence-corrected chi connectivity index (χ2v) is 6.95. The lowest BCUT2D eigenvalue weighted by Crippen LogP contribution is -2.30. The van der Waals surface area contributed by atoms with E-state index in [1.54, 1.807) is 37.3 Å². The zero-order valence-electron chi connectivity index (χ0n) is 16.9. The number of aryl methyl sites for hydroxylation is 1. The minimum Gasteiger partial charge on any atom is -0.481 e. The number of hydrogen-bond acceptors (Lipinski definition) is 5. The Kier molecular flexibility index (Phi) is 6.59. The molecule has 2 amide bonds. The fourth-order valence-electron chi connectivity index (χ4n) is 2.88. The van der Waals surface area contributed by atoms with Crippen LogP contribution in [0.15, 0.2) is 36.4 Å². The zero-order chi connectivity index (χ0) is 20.8. The molecule has 7 heteroatoms. The molecule has 2 aromatic rings. The van der Waals surface area contributed by atoms with Crippen LogP contribution < -0.4 is 24.8 Å². The van der Waals surface area contributed by atoms with Crippen molar-refractivity contribution >= 4 is 23.2 Å². The van der Waals surface area contributed by atoms with Gasteiger partial charge in [0, 0.05) is 23.9 Å². The second-order valence-electron chi connectivity index (χ2n) is 6.95. The van der Waals surface area contributed by atoms with Gasteiger partial charge in [-0.25, -0.2) is 0 Å². The Labute approximate surface area is 170 Å². The molecule has 0 radical (unpaired) electrons. The molecular weight excluding hydrogens is 372 g/mol. The Morgan fingerprint density at radius 2 is 1.90 bits per heavy atom. The number of hydrogen-bond donors (Lipinski definition) is 2. The van der Waals surface area contributed by atoms with Crippen molar-refractivity contribution in [2.45, 2.75) is 46.1 Å². The molecule has 0 spiro atoms. The molecule has 1 atom stereocenters. The van der Waals surface area contributed by atoms with E-state index in [4.69, 9.17) is 14.2 Å². The summed E-state index contributed by atoms with van der Waals surface area (Å²) < 4.78 is 16.3. The standard InChI is InChI=1S/C22H26N2O5/c1-4-5-6-21(25)24-18-9-7-16(11-14(18)2)23-22(26)15(3)29-17-8-10-19-20(12-17)28-13-27-19/h7-12,15H,4-6,13H2,1-3H3,(H,23,26)(H,24,25)/t15-/m0/s1. The summed E-state index contributed by atoms with van der Waals surface area (Å²) in [6.07, 6.45) is 1.64. The van der Waals surface area contributed by atoms with Gasteiger partial charge in [0.2, 0.25) is 12.7 Å². The van der Waals surface area contributed by atoms with Crippen LogP contribution >= 0.6 is 0 Å². The van der Waals surface area contributed by atoms with E-state index < -0.39 is 6.10 Å². The number of carbonyl (C=O) groups excluding carboxylic acids is 2. The van der Waals surface area contributed by atoms with Gasteiger partial charge in [-0.05, 0) is 56.2 Å². The van der Waals surface area contributed by atoms with Gasteiger partial charge in [-0.2, -0.15) is 0 Å². The molecule has 0 bridgehead atoms. The maximum absolute atomic E-state index is 12.5. The van der Waals surface area contributed by atoms with Crippen LogP contribution in [0.3, 0.4) is 0 Å². The van der Waals surface area contributed by atoms with Crippen molar-refractivity contribution in [2.24, 2.45) is 0 Å². The van der Waals surface area contributed by atoms with Crippen LogP contribution in [-0.4, -0.2) is 24.7 Å². The number of unbranched alkanes of at least 4 members (excludes halogenated alkanes) is 1. The van der Waals surface area contributed by atoms with E-state index in [1.165, 1.54) is 0 Å². The van der Waals surface area contributed by atoms with Crippen LogP contribution in [0.5, 0.6) is 17.2 Å². The molecule has 0 unspecified atom stereocenters. The quantitative estimate of drug-likeness (QED) is 0.694. The van der Waals surface area contributed by atoms with Crippen LogP contribution in [0, 0.1) is 6.92 Å². The van der Waals surface area contributed by atoms with Crippen LogP contribution in [0.4, 0.5) is 11.4 Å². The van der Waals surface area contributed by atoms with Gasteiger partial charge in [-0.15, -0.1) is 0 Å². The molecule has 1 heterocycles. The van der Waals surface area contributed by atoms with Crippen molar-refractivity contribution in [3.8, 4) is 17.2 Å². The lowest BCUT2D eigenvalue weighted by atomic mass is 10.1. The number of nitrogens with one attached hydrogen (secondary N) is 2. The molecule has 0 saturated carbocycles. The van der Waals surface area contributed by atoms with Crippen molar-refractivity contribution in [1.29, 1.82) is 0 Å². The Morgan fingerprint density at radius 3 is 2.66 bits per heavy atom. The first-order valence-electron chi connectivity index (χ1n) is 9.74. The third-order valence-corrected chi connectivity index (χ3v) is 4.55. The van der Waals surface area contributed by atoms with Gasteiger partial charge in [0.25, 0.3) is 5.91 Å². The van der Waals surface area contributed by atoms with E-state index in [2.05, 4.69) is 10.6 Å². The molecule has 3 rings (SSSR count). The molecule has 0 fully saturated rings. The molecule has 0 saturated heterocycles. The van der Waals surface area contributed by atoms with Gasteiger partial charge >= 0.3 is 0 Å². The van der Waals surface area contributed by atoms with Crippen molar-refractivity contribution < 1.29 is 23.8 Å². The molecule has 7 nitrogen and oxygen atoms in total. The number of carbonyl (C=O) groups is 2. The third-order valence-electron chi connectivity index (χ3n) is 4.55. The summed E-state index contributed by atoms with van der Waals surface area (Å²) in [5, 5.41) is 5.74. The number of rotatable bonds is 8. The Bertz CT molecular complexity index is 897. The third kappa shape index (κ3) is 5.40. The molecule has 154 valence electrons. The second kappa shape index (κ2) is 9.32. The van der Waals surface area contributed by atoms with E-state index in [0.29, 0.717) is 29.4 Å². The fourth-order valence-corrected chi connectivity index (χ4v) is 2.88. The van der Waals surface area contributed by atoms with E-state index in [9.17, 15) is 9.59 Å². The molecule has 2 N–H and O–H groups in total. The monoisotopic (exact) mass is 398 g/mol. The first-order chi connectivity index (χ1) is 14.0. The summed E-state index contributed by atoms with van der Waals surface area (Å²) in [6, 6.07) is 10.6. The number of fused-ring (bicyclic) bond motifs is 1. The van der Waals surface area contributed by atoms with Crippen LogP contribution in [0.2, 0.25) is 0 Å². The highest BCUT2D eigenvalue weighted by atomic mass is 16.7. The zero-order valence-corrected chi connectivity index (χ0v) is 16.9. The van der Waals surface area contributed by atoms with E-state index >= 15 is 0 Å². The van der Waals surface area contributed by atoms with Crippen molar-refractivity contribution in [2.75, 3.05) is 17.4 Å². The van der Waals surface area contributed by atoms with Crippen molar-refractivity contribution in [1.82, 2.24) is 0 Å². The lowest BCUT2D eigenvalue weighted by molar-refractivity contribution is -0.122. The Balaban J connectivity index is 1.56. The Morgan fingerprint density at radius 1 is 1.10 bits per heavy atom. The molecule has 29 heavy (non-hydrogen) atoms. The predicted octanol–water partition coefficient (Wildman–Crippen LogP) is 4.26. The maximum atomic E-state index is 12.5. The number of benzene rings is 2. The molecule has 0 aliphatic carbocycles. The molecule has 1 aliphatic heterocycles. The minimum atomic E-state index is -0.705. The highest BCUT2D eigenvalue weighted by Crippen LogP contribution is 2.35. The Hall–Kier alpha value is -3.22. The van der Waals surface area contributed by atoms with E-state index in [1.807, 2.05) is 19.9 Å². The normalized spacial score (nSPS) is 12.9. The smallest absolute Gasteiger partial charge is 0.265 e. The van der Waals surface area contributed by atoms with Crippen LogP contribution in [0.25, 0.3) is 0 Å². The largest absolute Gasteiger partial charge is 0.481 e. The summed E-state index contributed by atoms with van der Waals surface area (Å²) in [5.74, 6) is 1.51. The highest BCUT2D eigenvalue weighted by molar-refractivity contribution is 5.95. The van der Waals surface area contributed by atoms with Gasteiger partial charge < -0.3 is 24.8 Å². The summed E-state index contributed by atoms with van der Waals surface area (Å²) in [7, 11) is 0. The summed E-state index contributed by atoms with van der Waals surface area (Å²) in [6.45, 7) is 5.79. The fraction of sp³-hybridized carbons (Fsp3) is 0.364. The first kappa shape index (κ1) is 20.5. The SMILES string of the molecule is CCCCC(=O)Nc1ccc(NC(=O)[C@H](C)Oc2ccc3c(c2)OCO3)cc1C. The summed E-state index contributed by atoms with van der Waals surface area (Å²) >= 11 is 0. The molecule has 0 aromatic heterocycles. The molecule has 1 aliphatic rings. The maximum Gasteiger partial charge on any atom is 0.265 e. The van der Waals surface area contributed by atoms with Crippen molar-refractivity contribution in [3.63, 3.8) is 0 Å². The van der Waals surface area contributed by atoms with Gasteiger partial charge in [0.05, 0.1) is 0 Å². The number of ether oxygens (including phenoxy) is 3. The summed E-state index contributed by atoms with van der Waals surface area (Å²) in [4.78, 5) is 24.4.